The van der Waals surface area contributed by atoms with E-state index in [-0.39, 0.29) is 0 Å². The molecule has 0 amide bonds. The van der Waals surface area contributed by atoms with Crippen molar-refractivity contribution >= 4 is 109 Å². The van der Waals surface area contributed by atoms with Crippen molar-refractivity contribution in [1.82, 2.24) is 38.2 Å². The fourth-order valence-electron chi connectivity index (χ4n) is 18.3. The van der Waals surface area contributed by atoms with Crippen LogP contribution in [0, 0.1) is 0 Å². The number of benzene rings is 18. The molecule has 8 nitrogen and oxygen atoms in total. The lowest BCUT2D eigenvalue weighted by molar-refractivity contribution is 1.18. The van der Waals surface area contributed by atoms with Crippen molar-refractivity contribution in [2.24, 2.45) is 0 Å². The molecule has 0 aliphatic rings. The van der Waals surface area contributed by atoms with Crippen LogP contribution in [0.1, 0.15) is 0 Å². The predicted molar refractivity (Wildman–Crippen MR) is 500 cm³/mol. The molecule has 0 fully saturated rings. The molecule has 0 radical (unpaired) electrons. The molecule has 6 aromatic heterocycles. The minimum atomic E-state index is 0.693. The Hall–Kier alpha value is -16.2. The van der Waals surface area contributed by atoms with Crippen LogP contribution in [0.4, 0.5) is 0 Å². The van der Waals surface area contributed by atoms with Crippen molar-refractivity contribution in [3.8, 4) is 113 Å². The van der Waals surface area contributed by atoms with Crippen molar-refractivity contribution in [3.05, 3.63) is 437 Å². The molecule has 18 aromatic carbocycles. The molecule has 0 saturated heterocycles. The average molecular weight is 1530 g/mol. The summed E-state index contributed by atoms with van der Waals surface area (Å²) >= 11 is 0. The maximum Gasteiger partial charge on any atom is 0.160 e. The second kappa shape index (κ2) is 29.0. The summed E-state index contributed by atoms with van der Waals surface area (Å²) in [6.07, 6.45) is 0. The summed E-state index contributed by atoms with van der Waals surface area (Å²) in [6.45, 7) is 0. The molecule has 0 saturated carbocycles. The fourth-order valence-corrected chi connectivity index (χ4v) is 18.3. The first-order valence-corrected chi connectivity index (χ1v) is 40.8. The molecule has 0 aliphatic carbocycles. The second-order valence-electron chi connectivity index (χ2n) is 30.8. The topological polar surface area (TPSA) is 71.3 Å². The minimum absolute atomic E-state index is 0.693. The first kappa shape index (κ1) is 69.4. The number of para-hydroxylation sites is 6. The quantitative estimate of drug-likeness (QED) is 0.122. The van der Waals surface area contributed by atoms with E-state index >= 15 is 0 Å². The van der Waals surface area contributed by atoms with Gasteiger partial charge in [-0.15, -0.1) is 0 Å². The van der Waals surface area contributed by atoms with E-state index in [2.05, 4.69) is 431 Å². The molecule has 24 rings (SSSR count). The summed E-state index contributed by atoms with van der Waals surface area (Å²) < 4.78 is 9.78. The highest BCUT2D eigenvalue weighted by Gasteiger charge is 2.26. The third kappa shape index (κ3) is 11.8. The van der Waals surface area contributed by atoms with Crippen LogP contribution in [0.2, 0.25) is 0 Å². The van der Waals surface area contributed by atoms with E-state index in [1.807, 2.05) is 24.3 Å². The van der Waals surface area contributed by atoms with E-state index in [1.165, 1.54) is 109 Å². The summed E-state index contributed by atoms with van der Waals surface area (Å²) in [7, 11) is 0. The van der Waals surface area contributed by atoms with Gasteiger partial charge in [-0.2, -0.15) is 0 Å². The first-order chi connectivity index (χ1) is 59.5. The third-order valence-electron chi connectivity index (χ3n) is 23.8. The Balaban J connectivity index is 0.000000140. The van der Waals surface area contributed by atoms with Gasteiger partial charge in [0.2, 0.25) is 0 Å². The van der Waals surface area contributed by atoms with Gasteiger partial charge in [-0.1, -0.05) is 340 Å². The zero-order valence-corrected chi connectivity index (χ0v) is 65.1. The van der Waals surface area contributed by atoms with Crippen LogP contribution in [-0.2, 0) is 0 Å². The third-order valence-corrected chi connectivity index (χ3v) is 23.8. The number of hydrogen-bond donors (Lipinski definition) is 0. The maximum absolute atomic E-state index is 5.22. The van der Waals surface area contributed by atoms with Crippen LogP contribution < -0.4 is 0 Å². The number of nitrogens with zero attached hydrogens (tertiary/aromatic N) is 8. The highest BCUT2D eigenvalue weighted by Crippen LogP contribution is 2.47. The van der Waals surface area contributed by atoms with Gasteiger partial charge < -0.3 is 18.3 Å². The summed E-state index contributed by atoms with van der Waals surface area (Å²) in [6, 6.07) is 156. The number of hydrogen-bond acceptors (Lipinski definition) is 4. The molecular weight excluding hydrogens is 1460 g/mol. The van der Waals surface area contributed by atoms with Gasteiger partial charge in [-0.05, 0) is 130 Å². The number of rotatable bonds is 12. The van der Waals surface area contributed by atoms with E-state index < -0.39 is 0 Å². The zero-order chi connectivity index (χ0) is 79.1. The molecule has 6 heterocycles. The summed E-state index contributed by atoms with van der Waals surface area (Å²) in [5.41, 5.74) is 28.5. The SMILES string of the molecule is c1ccc(-c2ccc(-c3cc(-c4ccccc4)nc(-c4ccc5c(-n6c7ccccc7c7c6ccc6c8ccccc8n(-c8ccccc8)c67)cccc5c4)n3)cc2)cc1.c1ccc(-c2ccc(-c3nc(-c4ccccc4)cc(-c4ccc5c(-n6c7ccccc7c7c6ccc6c8ccccc8n(-c8ccccc8)c67)cccc5c4)n3)cc2)cc1. The van der Waals surface area contributed by atoms with Gasteiger partial charge in [0, 0.05) is 98.6 Å². The van der Waals surface area contributed by atoms with Crippen molar-refractivity contribution < 1.29 is 0 Å². The Morgan fingerprint density at radius 1 is 0.158 bits per heavy atom. The molecule has 0 N–H and O–H groups in total. The normalized spacial score (nSPS) is 11.7. The predicted octanol–water partition coefficient (Wildman–Crippen LogP) is 29.0. The van der Waals surface area contributed by atoms with Crippen molar-refractivity contribution in [3.63, 3.8) is 0 Å². The Morgan fingerprint density at radius 3 is 0.875 bits per heavy atom. The van der Waals surface area contributed by atoms with Gasteiger partial charge in [-0.3, -0.25) is 0 Å². The van der Waals surface area contributed by atoms with E-state index in [4.69, 9.17) is 19.9 Å². The molecule has 560 valence electrons. The average Bonchev–Trinajstić information content (AvgIpc) is 1.55. The lowest BCUT2D eigenvalue weighted by Crippen LogP contribution is -1.98. The highest BCUT2D eigenvalue weighted by atomic mass is 15.0. The van der Waals surface area contributed by atoms with Gasteiger partial charge in [0.25, 0.3) is 0 Å². The highest BCUT2D eigenvalue weighted by molar-refractivity contribution is 6.28. The summed E-state index contributed by atoms with van der Waals surface area (Å²) in [5, 5.41) is 14.5. The number of aromatic nitrogens is 8. The lowest BCUT2D eigenvalue weighted by atomic mass is 10.0. The van der Waals surface area contributed by atoms with Crippen molar-refractivity contribution in [2.75, 3.05) is 0 Å². The van der Waals surface area contributed by atoms with Crippen LogP contribution in [-0.4, -0.2) is 38.2 Å². The Morgan fingerprint density at radius 2 is 0.450 bits per heavy atom. The van der Waals surface area contributed by atoms with E-state index in [1.54, 1.807) is 0 Å². The monoisotopic (exact) mass is 1530 g/mol. The standard InChI is InChI=1S/2C56H36N4/c1-4-15-37(16-5-1)38-27-29-40(30-28-38)56-57-48(39-17-6-2-7-18-39)36-49(58-56)42-31-32-44-41(35-42)19-14-26-50(44)60-52-25-13-11-23-47(52)54-53(60)34-33-46-45-22-10-12-24-51(45)59(55(46)54)43-20-8-3-9-21-43;1-4-15-37(16-5-1)38-27-29-40(30-28-38)49-36-48(39-17-6-2-7-18-39)57-56(58-49)42-31-32-44-41(35-42)19-14-26-50(44)60-52-25-13-11-23-47(52)54-53(60)34-33-46-45-22-10-12-24-51(45)59(55(46)54)43-20-8-3-9-21-43/h2*1-36H. The van der Waals surface area contributed by atoms with Gasteiger partial charge in [0.15, 0.2) is 11.6 Å². The maximum atomic E-state index is 5.22. The van der Waals surface area contributed by atoms with Crippen molar-refractivity contribution in [2.45, 2.75) is 0 Å². The van der Waals surface area contributed by atoms with E-state index in [0.29, 0.717) is 11.6 Å². The van der Waals surface area contributed by atoms with Crippen LogP contribution in [0.15, 0.2) is 437 Å². The Labute approximate surface area is 692 Å². The number of fused-ring (bicyclic) bond motifs is 16. The smallest absolute Gasteiger partial charge is 0.160 e. The van der Waals surface area contributed by atoms with Gasteiger partial charge >= 0.3 is 0 Å². The molecule has 0 unspecified atom stereocenters. The Kier molecular flexibility index (Phi) is 16.7. The van der Waals surface area contributed by atoms with Gasteiger partial charge in [-0.25, -0.2) is 19.9 Å². The summed E-state index contributed by atoms with van der Waals surface area (Å²) in [5.74, 6) is 1.39. The van der Waals surface area contributed by atoms with Crippen LogP contribution in [0.3, 0.4) is 0 Å². The molecular formula is C112H72N8. The first-order valence-electron chi connectivity index (χ1n) is 40.8. The molecule has 0 spiro atoms. The molecule has 0 atom stereocenters. The molecule has 24 aromatic rings. The molecule has 0 aliphatic heterocycles. The van der Waals surface area contributed by atoms with Crippen LogP contribution >= 0.6 is 0 Å². The second-order valence-corrected chi connectivity index (χ2v) is 30.8. The Bertz CT molecular complexity index is 7610. The lowest BCUT2D eigenvalue weighted by Gasteiger charge is -2.14. The molecule has 0 bridgehead atoms. The largest absolute Gasteiger partial charge is 0.309 e. The van der Waals surface area contributed by atoms with E-state index in [9.17, 15) is 0 Å². The fraction of sp³-hybridized carbons (Fsp3) is 0. The van der Waals surface area contributed by atoms with E-state index in [0.717, 1.165) is 101 Å². The summed E-state index contributed by atoms with van der Waals surface area (Å²) in [4.78, 5) is 20.8. The minimum Gasteiger partial charge on any atom is -0.309 e. The van der Waals surface area contributed by atoms with Gasteiger partial charge in [0.1, 0.15) is 0 Å². The zero-order valence-electron chi connectivity index (χ0n) is 65.1. The van der Waals surface area contributed by atoms with Crippen LogP contribution in [0.25, 0.3) is 222 Å². The van der Waals surface area contributed by atoms with Crippen LogP contribution in [0.5, 0.6) is 0 Å². The van der Waals surface area contributed by atoms with Crippen molar-refractivity contribution in [1.29, 1.82) is 0 Å². The van der Waals surface area contributed by atoms with Gasteiger partial charge in [0.05, 0.1) is 78.3 Å². The molecule has 120 heavy (non-hydrogen) atoms. The molecule has 8 heteroatoms.